The predicted molar refractivity (Wildman–Crippen MR) is 111 cm³/mol. The number of fused-ring (bicyclic) bond motifs is 2. The van der Waals surface area contributed by atoms with E-state index < -0.39 is 5.91 Å². The number of carbonyl (C=O) groups is 1. The maximum atomic E-state index is 12.9. The van der Waals surface area contributed by atoms with Crippen LogP contribution in [0, 0.1) is 5.41 Å². The summed E-state index contributed by atoms with van der Waals surface area (Å²) >= 11 is 0. The van der Waals surface area contributed by atoms with Gasteiger partial charge in [-0.3, -0.25) is 19.4 Å². The summed E-state index contributed by atoms with van der Waals surface area (Å²) in [5.74, 6) is -0.392. The molecule has 29 heavy (non-hydrogen) atoms. The van der Waals surface area contributed by atoms with Crippen molar-refractivity contribution in [1.82, 2.24) is 19.3 Å². The highest BCUT2D eigenvalue weighted by Gasteiger charge is 2.17. The summed E-state index contributed by atoms with van der Waals surface area (Å²) in [6, 6.07) is 6.64. The lowest BCUT2D eigenvalue weighted by Gasteiger charge is -2.14. The predicted octanol–water partition coefficient (Wildman–Crippen LogP) is 1.82. The van der Waals surface area contributed by atoms with Crippen molar-refractivity contribution in [3.63, 3.8) is 0 Å². The minimum atomic E-state index is -0.392. The van der Waals surface area contributed by atoms with E-state index in [0.29, 0.717) is 12.2 Å². The third-order valence-corrected chi connectivity index (χ3v) is 4.95. The second kappa shape index (κ2) is 9.47. The molecule has 0 unspecified atom stereocenters. The van der Waals surface area contributed by atoms with E-state index in [1.54, 1.807) is 24.4 Å². The molecule has 3 aromatic heterocycles. The molecule has 1 amide bonds. The highest BCUT2D eigenvalue weighted by Crippen LogP contribution is 2.10. The Morgan fingerprint density at radius 3 is 2.79 bits per heavy atom. The summed E-state index contributed by atoms with van der Waals surface area (Å²) in [6.45, 7) is 2.52. The van der Waals surface area contributed by atoms with E-state index in [4.69, 9.17) is 5.41 Å². The first-order chi connectivity index (χ1) is 14.1. The Bertz CT molecular complexity index is 1130. The molecule has 0 atom stereocenters. The Morgan fingerprint density at radius 2 is 2.03 bits per heavy atom. The molecule has 0 aliphatic heterocycles. The Labute approximate surface area is 168 Å². The van der Waals surface area contributed by atoms with Gasteiger partial charge in [-0.05, 0) is 24.6 Å². The molecule has 3 aromatic rings. The van der Waals surface area contributed by atoms with E-state index in [-0.39, 0.29) is 40.8 Å². The molecule has 0 spiro atoms. The zero-order valence-electron chi connectivity index (χ0n) is 16.6. The number of rotatable bonds is 9. The molecule has 0 saturated heterocycles. The van der Waals surface area contributed by atoms with E-state index in [1.165, 1.54) is 21.5 Å². The molecular formula is C21H27N5O3. The van der Waals surface area contributed by atoms with Crippen LogP contribution < -0.4 is 16.4 Å². The zero-order chi connectivity index (χ0) is 20.8. The number of aliphatic hydroxyl groups excluding tert-OH is 1. The SMILES string of the molecule is CCCCCCCNC(=O)c1cc2c(=O)n3ccccc3nc2n(CCO)c1=N. The largest absolute Gasteiger partial charge is 0.395 e. The number of aliphatic hydroxyl groups is 1. The lowest BCUT2D eigenvalue weighted by atomic mass is 10.1. The van der Waals surface area contributed by atoms with Gasteiger partial charge in [0.1, 0.15) is 16.8 Å². The van der Waals surface area contributed by atoms with E-state index >= 15 is 0 Å². The van der Waals surface area contributed by atoms with Crippen molar-refractivity contribution in [2.75, 3.05) is 13.2 Å². The number of carbonyl (C=O) groups excluding carboxylic acids is 1. The summed E-state index contributed by atoms with van der Waals surface area (Å²) in [4.78, 5) is 30.1. The van der Waals surface area contributed by atoms with Crippen LogP contribution >= 0.6 is 0 Å². The molecule has 3 rings (SSSR count). The van der Waals surface area contributed by atoms with Gasteiger partial charge in [-0.1, -0.05) is 38.7 Å². The average molecular weight is 397 g/mol. The average Bonchev–Trinajstić information content (AvgIpc) is 2.73. The molecule has 0 saturated carbocycles. The molecule has 3 heterocycles. The zero-order valence-corrected chi connectivity index (χ0v) is 16.6. The van der Waals surface area contributed by atoms with Gasteiger partial charge in [0.25, 0.3) is 11.5 Å². The van der Waals surface area contributed by atoms with Crippen LogP contribution in [-0.4, -0.2) is 38.1 Å². The molecule has 8 heteroatoms. The molecule has 0 aliphatic carbocycles. The lowest BCUT2D eigenvalue weighted by Crippen LogP contribution is -2.35. The quantitative estimate of drug-likeness (QED) is 0.378. The lowest BCUT2D eigenvalue weighted by molar-refractivity contribution is 0.0950. The third kappa shape index (κ3) is 4.37. The van der Waals surface area contributed by atoms with Crippen LogP contribution in [0.1, 0.15) is 49.4 Å². The van der Waals surface area contributed by atoms with Crippen LogP contribution in [0.5, 0.6) is 0 Å². The summed E-state index contributed by atoms with van der Waals surface area (Å²) in [7, 11) is 0. The standard InChI is InChI=1S/C21H27N5O3/c1-2-3-4-5-7-10-23-20(28)15-14-16-19(26(12-13-27)18(15)22)24-17-9-6-8-11-25(17)21(16)29/h6,8-9,11,14,22,27H,2-5,7,10,12-13H2,1H3,(H,23,28). The molecule has 8 nitrogen and oxygen atoms in total. The molecule has 0 aromatic carbocycles. The smallest absolute Gasteiger partial charge is 0.267 e. The number of nitrogens with zero attached hydrogens (tertiary/aromatic N) is 3. The molecule has 0 radical (unpaired) electrons. The summed E-state index contributed by atoms with van der Waals surface area (Å²) < 4.78 is 2.82. The summed E-state index contributed by atoms with van der Waals surface area (Å²) in [6.07, 6.45) is 7.01. The number of nitrogens with one attached hydrogen (secondary N) is 2. The highest BCUT2D eigenvalue weighted by molar-refractivity contribution is 5.96. The first-order valence-corrected chi connectivity index (χ1v) is 10.1. The van der Waals surface area contributed by atoms with E-state index in [0.717, 1.165) is 25.7 Å². The summed E-state index contributed by atoms with van der Waals surface area (Å²) in [5.41, 5.74) is 0.458. The Morgan fingerprint density at radius 1 is 1.24 bits per heavy atom. The second-order valence-electron chi connectivity index (χ2n) is 7.04. The van der Waals surface area contributed by atoms with Crippen LogP contribution in [0.4, 0.5) is 0 Å². The van der Waals surface area contributed by atoms with E-state index in [9.17, 15) is 14.7 Å². The molecular weight excluding hydrogens is 370 g/mol. The van der Waals surface area contributed by atoms with Crippen LogP contribution in [-0.2, 0) is 6.54 Å². The Balaban J connectivity index is 1.99. The fraction of sp³-hybridized carbons (Fsp3) is 0.429. The van der Waals surface area contributed by atoms with Crippen molar-refractivity contribution in [1.29, 1.82) is 5.41 Å². The third-order valence-electron chi connectivity index (χ3n) is 4.95. The van der Waals surface area contributed by atoms with Gasteiger partial charge in [-0.2, -0.15) is 0 Å². The number of amides is 1. The van der Waals surface area contributed by atoms with Crippen molar-refractivity contribution in [2.45, 2.75) is 45.6 Å². The number of pyridine rings is 2. The van der Waals surface area contributed by atoms with Gasteiger partial charge in [-0.15, -0.1) is 0 Å². The number of hydrogen-bond donors (Lipinski definition) is 3. The molecule has 154 valence electrons. The van der Waals surface area contributed by atoms with Crippen molar-refractivity contribution in [2.24, 2.45) is 0 Å². The van der Waals surface area contributed by atoms with Crippen LogP contribution in [0.2, 0.25) is 0 Å². The van der Waals surface area contributed by atoms with Gasteiger partial charge in [0.2, 0.25) is 0 Å². The molecule has 0 aliphatic rings. The monoisotopic (exact) mass is 397 g/mol. The second-order valence-corrected chi connectivity index (χ2v) is 7.04. The van der Waals surface area contributed by atoms with E-state index in [2.05, 4.69) is 17.2 Å². The number of aromatic nitrogens is 3. The van der Waals surface area contributed by atoms with Crippen molar-refractivity contribution in [3.8, 4) is 0 Å². The summed E-state index contributed by atoms with van der Waals surface area (Å²) in [5, 5.41) is 21.0. The molecule has 0 fully saturated rings. The Hall–Kier alpha value is -3.00. The fourth-order valence-corrected chi connectivity index (χ4v) is 3.40. The first kappa shape index (κ1) is 20.7. The van der Waals surface area contributed by atoms with Gasteiger partial charge in [0.05, 0.1) is 17.6 Å². The van der Waals surface area contributed by atoms with Crippen molar-refractivity contribution < 1.29 is 9.90 Å². The van der Waals surface area contributed by atoms with Gasteiger partial charge < -0.3 is 15.0 Å². The minimum Gasteiger partial charge on any atom is -0.395 e. The maximum Gasteiger partial charge on any atom is 0.267 e. The van der Waals surface area contributed by atoms with Gasteiger partial charge in [-0.25, -0.2) is 4.98 Å². The fourth-order valence-electron chi connectivity index (χ4n) is 3.40. The van der Waals surface area contributed by atoms with Crippen LogP contribution in [0.3, 0.4) is 0 Å². The van der Waals surface area contributed by atoms with Crippen LogP contribution in [0.15, 0.2) is 35.3 Å². The highest BCUT2D eigenvalue weighted by atomic mass is 16.3. The first-order valence-electron chi connectivity index (χ1n) is 10.1. The van der Waals surface area contributed by atoms with E-state index in [1.807, 2.05) is 0 Å². The van der Waals surface area contributed by atoms with Crippen molar-refractivity contribution >= 4 is 22.6 Å². The maximum absolute atomic E-state index is 12.9. The van der Waals surface area contributed by atoms with Crippen molar-refractivity contribution in [3.05, 3.63) is 51.9 Å². The van der Waals surface area contributed by atoms with Gasteiger partial charge in [0.15, 0.2) is 0 Å². The van der Waals surface area contributed by atoms with Gasteiger partial charge >= 0.3 is 0 Å². The topological polar surface area (TPSA) is 112 Å². The Kier molecular flexibility index (Phi) is 6.77. The number of unbranched alkanes of at least 4 members (excludes halogenated alkanes) is 4. The minimum absolute atomic E-state index is 0.0674. The van der Waals surface area contributed by atoms with Gasteiger partial charge in [0, 0.05) is 19.3 Å². The molecule has 0 bridgehead atoms. The molecule has 3 N–H and O–H groups in total. The normalized spacial score (nSPS) is 11.2. The van der Waals surface area contributed by atoms with Crippen LogP contribution in [0.25, 0.3) is 16.7 Å². The number of hydrogen-bond acceptors (Lipinski definition) is 5.